The number of rotatable bonds is 8. The third kappa shape index (κ3) is 6.90. The van der Waals surface area contributed by atoms with Crippen molar-refractivity contribution >= 4 is 100 Å². The predicted molar refractivity (Wildman–Crippen MR) is 153 cm³/mol. The van der Waals surface area contributed by atoms with Crippen molar-refractivity contribution in [3.63, 3.8) is 0 Å². The van der Waals surface area contributed by atoms with Crippen LogP contribution in [0.15, 0.2) is 75.5 Å². The number of nitrogens with two attached hydrogens (primary N) is 1. The number of nitrogens with zero attached hydrogens (tertiary/aromatic N) is 1. The fraction of sp³-hybridized carbons (Fsp3) is 0. The summed E-state index contributed by atoms with van der Waals surface area (Å²) in [4.78, 5) is 13.4. The first kappa shape index (κ1) is 33.0. The molecule has 0 unspecified atom stereocenters. The normalized spacial score (nSPS) is 12.2. The van der Waals surface area contributed by atoms with Gasteiger partial charge in [0.15, 0.2) is 5.75 Å². The van der Waals surface area contributed by atoms with Crippen molar-refractivity contribution in [1.29, 1.82) is 0 Å². The minimum atomic E-state index is -4.95. The zero-order chi connectivity index (χ0) is 30.3. The van der Waals surface area contributed by atoms with Gasteiger partial charge in [-0.1, -0.05) is 30.4 Å². The molecule has 215 valence electrons. The van der Waals surface area contributed by atoms with Crippen LogP contribution >= 0.6 is 0 Å². The summed E-state index contributed by atoms with van der Waals surface area (Å²) < 4.78 is 95.5. The molecule has 0 spiro atoms. The molecule has 1 radical (unpaired) electrons. The second-order valence-electron chi connectivity index (χ2n) is 8.41. The molecule has 0 aliphatic heterocycles. The monoisotopic (exact) mass is 644 g/mol. The standard InChI is InChI=1S/C24H19N3O11S3.Na/c25-15-5-3-13(20(11-15)40(33,34)35)1-2-14-4-6-16(12-21(14)41(36,37)38)27-39(31,32)19-9-10-26-22-17(19)7-8-18(23(22)28)24(29)30;/h1-12,27-28H,25H2,(H,29,30)(H,33,34,35)(H,36,37,38);/b2-1+;. The largest absolute Gasteiger partial charge is 0.505 e. The number of fused-ring (bicyclic) bond motifs is 1. The maximum absolute atomic E-state index is 13.2. The Morgan fingerprint density at radius 3 is 1.95 bits per heavy atom. The molecule has 42 heavy (non-hydrogen) atoms. The Kier molecular flexibility index (Phi) is 9.40. The number of aromatic nitrogens is 1. The van der Waals surface area contributed by atoms with Crippen molar-refractivity contribution in [2.45, 2.75) is 14.7 Å². The molecule has 0 fully saturated rings. The second-order valence-corrected chi connectivity index (χ2v) is 12.8. The quantitative estimate of drug-likeness (QED) is 0.0698. The summed E-state index contributed by atoms with van der Waals surface area (Å²) >= 11 is 0. The average Bonchev–Trinajstić information content (AvgIpc) is 2.87. The fourth-order valence-electron chi connectivity index (χ4n) is 3.85. The molecule has 1 aromatic heterocycles. The summed E-state index contributed by atoms with van der Waals surface area (Å²) in [5.41, 5.74) is 4.25. The van der Waals surface area contributed by atoms with Gasteiger partial charge in [-0.05, 0) is 47.5 Å². The van der Waals surface area contributed by atoms with Crippen LogP contribution in [-0.2, 0) is 30.3 Å². The van der Waals surface area contributed by atoms with Crippen LogP contribution in [-0.4, -0.2) is 85.1 Å². The number of sulfonamides is 1. The summed E-state index contributed by atoms with van der Waals surface area (Å²) in [6.45, 7) is 0. The molecule has 4 aromatic rings. The molecule has 7 N–H and O–H groups in total. The smallest absolute Gasteiger partial charge is 0.339 e. The molecular formula is C24H19N3NaO11S3. The Bertz CT molecular complexity index is 2100. The molecule has 0 atom stereocenters. The maximum atomic E-state index is 13.2. The first-order chi connectivity index (χ1) is 19.0. The van der Waals surface area contributed by atoms with E-state index in [4.69, 9.17) is 5.73 Å². The number of nitrogens with one attached hydrogen (secondary N) is 1. The number of pyridine rings is 1. The van der Waals surface area contributed by atoms with Crippen LogP contribution in [0.5, 0.6) is 5.75 Å². The van der Waals surface area contributed by atoms with Crippen LogP contribution < -0.4 is 10.5 Å². The number of nitrogen functional groups attached to an aromatic ring is 1. The third-order valence-electron chi connectivity index (χ3n) is 5.67. The van der Waals surface area contributed by atoms with Crippen LogP contribution in [0.3, 0.4) is 0 Å². The predicted octanol–water partition coefficient (Wildman–Crippen LogP) is 2.30. The summed E-state index contributed by atoms with van der Waals surface area (Å²) in [6, 6.07) is 9.86. The molecule has 3 aromatic carbocycles. The second kappa shape index (κ2) is 12.0. The van der Waals surface area contributed by atoms with Crippen molar-refractivity contribution < 1.29 is 49.4 Å². The first-order valence-electron chi connectivity index (χ1n) is 11.0. The van der Waals surface area contributed by atoms with E-state index in [1.165, 1.54) is 12.1 Å². The van der Waals surface area contributed by atoms with E-state index in [1.807, 2.05) is 0 Å². The molecule has 0 aliphatic rings. The van der Waals surface area contributed by atoms with E-state index in [-0.39, 0.29) is 63.0 Å². The van der Waals surface area contributed by atoms with Crippen molar-refractivity contribution in [3.8, 4) is 5.75 Å². The average molecular weight is 645 g/mol. The number of aromatic carboxylic acids is 1. The van der Waals surface area contributed by atoms with Crippen molar-refractivity contribution in [3.05, 3.63) is 77.5 Å². The number of carboxylic acids is 1. The Labute approximate surface area is 261 Å². The summed E-state index contributed by atoms with van der Waals surface area (Å²) in [5.74, 6) is -2.22. The Morgan fingerprint density at radius 1 is 0.810 bits per heavy atom. The minimum Gasteiger partial charge on any atom is -0.505 e. The van der Waals surface area contributed by atoms with Crippen LogP contribution in [0.4, 0.5) is 11.4 Å². The Hall–Kier alpha value is -3.55. The van der Waals surface area contributed by atoms with Crippen LogP contribution in [0.2, 0.25) is 0 Å². The van der Waals surface area contributed by atoms with Crippen molar-refractivity contribution in [2.75, 3.05) is 10.5 Å². The van der Waals surface area contributed by atoms with E-state index in [1.54, 1.807) is 0 Å². The zero-order valence-electron chi connectivity index (χ0n) is 21.3. The van der Waals surface area contributed by atoms with Gasteiger partial charge in [0.2, 0.25) is 0 Å². The van der Waals surface area contributed by atoms with Gasteiger partial charge < -0.3 is 15.9 Å². The number of phenols is 1. The van der Waals surface area contributed by atoms with Crippen LogP contribution in [0.1, 0.15) is 21.5 Å². The SMILES string of the molecule is Nc1ccc(/C=C/c2ccc(NS(=O)(=O)c3ccnc4c(O)c(C(=O)O)ccc34)cc2S(=O)(=O)O)c(S(=O)(=O)O)c1.[Na]. The van der Waals surface area contributed by atoms with Gasteiger partial charge >= 0.3 is 5.97 Å². The number of anilines is 2. The van der Waals surface area contributed by atoms with Gasteiger partial charge in [-0.15, -0.1) is 0 Å². The first-order valence-corrected chi connectivity index (χ1v) is 15.4. The maximum Gasteiger partial charge on any atom is 0.339 e. The van der Waals surface area contributed by atoms with Gasteiger partial charge in [-0.25, -0.2) is 13.2 Å². The Morgan fingerprint density at radius 2 is 1.38 bits per heavy atom. The minimum absolute atomic E-state index is 0. The van der Waals surface area contributed by atoms with Gasteiger partial charge in [0.25, 0.3) is 30.3 Å². The molecule has 0 saturated carbocycles. The molecule has 4 rings (SSSR count). The number of hydrogen-bond donors (Lipinski definition) is 6. The van der Waals surface area contributed by atoms with Gasteiger partial charge in [-0.3, -0.25) is 18.8 Å². The third-order valence-corrected chi connectivity index (χ3v) is 8.93. The van der Waals surface area contributed by atoms with E-state index < -0.39 is 62.2 Å². The number of hydrogen-bond acceptors (Lipinski definition) is 10. The zero-order valence-corrected chi connectivity index (χ0v) is 25.8. The number of carboxylic acid groups (broad SMARTS) is 1. The molecule has 0 aliphatic carbocycles. The number of benzene rings is 3. The van der Waals surface area contributed by atoms with Gasteiger partial charge in [0.05, 0.1) is 10.6 Å². The molecule has 18 heteroatoms. The molecule has 1 heterocycles. The van der Waals surface area contributed by atoms with E-state index >= 15 is 0 Å². The fourth-order valence-corrected chi connectivity index (χ4v) is 6.52. The van der Waals surface area contributed by atoms with E-state index in [0.717, 1.165) is 60.8 Å². The summed E-state index contributed by atoms with van der Waals surface area (Å²) in [6.07, 6.45) is 3.27. The molecule has 14 nitrogen and oxygen atoms in total. The number of aromatic hydroxyl groups is 1. The van der Waals surface area contributed by atoms with Gasteiger partial charge in [-0.2, -0.15) is 16.8 Å². The van der Waals surface area contributed by atoms with E-state index in [9.17, 15) is 49.4 Å². The van der Waals surface area contributed by atoms with Crippen LogP contribution in [0.25, 0.3) is 23.1 Å². The molecular weight excluding hydrogens is 625 g/mol. The number of carbonyl (C=O) groups is 1. The van der Waals surface area contributed by atoms with Gasteiger partial charge in [0.1, 0.15) is 20.9 Å². The van der Waals surface area contributed by atoms with Crippen LogP contribution in [0, 0.1) is 0 Å². The van der Waals surface area contributed by atoms with Crippen molar-refractivity contribution in [2.24, 2.45) is 0 Å². The summed E-state index contributed by atoms with van der Waals surface area (Å²) in [7, 11) is -14.1. The van der Waals surface area contributed by atoms with Crippen molar-refractivity contribution in [1.82, 2.24) is 4.98 Å². The Balaban J connectivity index is 0.00000484. The molecule has 0 saturated heterocycles. The van der Waals surface area contributed by atoms with E-state index in [0.29, 0.717) is 0 Å². The van der Waals surface area contributed by atoms with E-state index in [2.05, 4.69) is 9.71 Å². The molecule has 0 bridgehead atoms. The summed E-state index contributed by atoms with van der Waals surface area (Å²) in [5, 5.41) is 19.3. The topological polar surface area (TPSA) is 251 Å². The molecule has 0 amide bonds. The van der Waals surface area contributed by atoms with Gasteiger partial charge in [0, 0.05) is 46.8 Å².